The van der Waals surface area contributed by atoms with Crippen molar-refractivity contribution in [2.45, 2.75) is 0 Å². The Labute approximate surface area is 106 Å². The number of halogens is 3. The lowest BCUT2D eigenvalue weighted by Crippen LogP contribution is -1.98. The second-order valence-corrected chi connectivity index (χ2v) is 4.22. The van der Waals surface area contributed by atoms with Crippen molar-refractivity contribution < 1.29 is 4.74 Å². The van der Waals surface area contributed by atoms with Crippen LogP contribution in [0.25, 0.3) is 0 Å². The zero-order chi connectivity index (χ0) is 11.3. The highest BCUT2D eigenvalue weighted by Crippen LogP contribution is 2.23. The Kier molecular flexibility index (Phi) is 4.97. The van der Waals surface area contributed by atoms with Crippen LogP contribution in [0.15, 0.2) is 33.2 Å². The van der Waals surface area contributed by atoms with E-state index in [0.717, 1.165) is 4.47 Å². The molecule has 0 amide bonds. The SMILES string of the molecule is N#Cc1cc(Br)ccc1OC/C(Cl)=C\Cl. The zero-order valence-corrected chi connectivity index (χ0v) is 10.6. The lowest BCUT2D eigenvalue weighted by molar-refractivity contribution is 0.358. The Morgan fingerprint density at radius 2 is 2.33 bits per heavy atom. The molecule has 1 aromatic carbocycles. The van der Waals surface area contributed by atoms with Crippen molar-refractivity contribution in [2.24, 2.45) is 0 Å². The predicted octanol–water partition coefficient (Wildman–Crippen LogP) is 4.02. The Balaban J connectivity index is 2.82. The minimum absolute atomic E-state index is 0.154. The summed E-state index contributed by atoms with van der Waals surface area (Å²) in [4.78, 5) is 0. The van der Waals surface area contributed by atoms with Crippen molar-refractivity contribution in [1.29, 1.82) is 5.26 Å². The molecule has 0 unspecified atom stereocenters. The van der Waals surface area contributed by atoms with Gasteiger partial charge in [-0.05, 0) is 18.2 Å². The average Bonchev–Trinajstić information content (AvgIpc) is 2.26. The van der Waals surface area contributed by atoms with Crippen molar-refractivity contribution >= 4 is 39.1 Å². The fraction of sp³-hybridized carbons (Fsp3) is 0.100. The monoisotopic (exact) mass is 305 g/mol. The van der Waals surface area contributed by atoms with Crippen molar-refractivity contribution in [3.63, 3.8) is 0 Å². The largest absolute Gasteiger partial charge is 0.487 e. The van der Waals surface area contributed by atoms with Gasteiger partial charge < -0.3 is 4.74 Å². The number of hydrogen-bond donors (Lipinski definition) is 0. The minimum Gasteiger partial charge on any atom is -0.487 e. The molecular weight excluding hydrogens is 301 g/mol. The van der Waals surface area contributed by atoms with Crippen LogP contribution in [0.1, 0.15) is 5.56 Å². The molecule has 0 aliphatic heterocycles. The summed E-state index contributed by atoms with van der Waals surface area (Å²) in [6.07, 6.45) is 0. The number of hydrogen-bond acceptors (Lipinski definition) is 2. The molecule has 0 radical (unpaired) electrons. The van der Waals surface area contributed by atoms with Gasteiger partial charge in [-0.1, -0.05) is 39.1 Å². The van der Waals surface area contributed by atoms with Crippen LogP contribution < -0.4 is 4.74 Å². The number of rotatable bonds is 3. The van der Waals surface area contributed by atoms with Crippen molar-refractivity contribution in [2.75, 3.05) is 6.61 Å². The second kappa shape index (κ2) is 6.02. The summed E-state index contributed by atoms with van der Waals surface area (Å²) >= 11 is 14.3. The van der Waals surface area contributed by atoms with Crippen LogP contribution in [-0.2, 0) is 0 Å². The minimum atomic E-state index is 0.154. The number of nitriles is 1. The van der Waals surface area contributed by atoms with Crippen LogP contribution >= 0.6 is 39.1 Å². The molecule has 0 saturated heterocycles. The Bertz CT molecular complexity index is 426. The third kappa shape index (κ3) is 3.75. The molecule has 15 heavy (non-hydrogen) atoms. The van der Waals surface area contributed by atoms with Gasteiger partial charge in [0.05, 0.1) is 10.6 Å². The quantitative estimate of drug-likeness (QED) is 0.845. The molecular formula is C10H6BrCl2NO. The number of benzene rings is 1. The smallest absolute Gasteiger partial charge is 0.137 e. The molecule has 5 heteroatoms. The molecule has 1 rings (SSSR count). The predicted molar refractivity (Wildman–Crippen MR) is 64.1 cm³/mol. The molecule has 1 aromatic rings. The van der Waals surface area contributed by atoms with Crippen LogP contribution in [0, 0.1) is 11.3 Å². The van der Waals surface area contributed by atoms with Gasteiger partial charge in [0.1, 0.15) is 18.4 Å². The molecule has 0 bridgehead atoms. The van der Waals surface area contributed by atoms with E-state index in [1.807, 2.05) is 6.07 Å². The van der Waals surface area contributed by atoms with Crippen molar-refractivity contribution in [1.82, 2.24) is 0 Å². The molecule has 2 nitrogen and oxygen atoms in total. The zero-order valence-electron chi connectivity index (χ0n) is 7.51. The summed E-state index contributed by atoms with van der Waals surface area (Å²) in [5.41, 5.74) is 1.68. The van der Waals surface area contributed by atoms with Crippen molar-refractivity contribution in [3.8, 4) is 11.8 Å². The van der Waals surface area contributed by atoms with E-state index in [9.17, 15) is 0 Å². The number of nitrogens with zero attached hydrogens (tertiary/aromatic N) is 1. The first kappa shape index (κ1) is 12.4. The van der Waals surface area contributed by atoms with Gasteiger partial charge in [0, 0.05) is 10.0 Å². The molecule has 0 aliphatic carbocycles. The molecule has 78 valence electrons. The summed E-state index contributed by atoms with van der Waals surface area (Å²) in [5.74, 6) is 0.484. The van der Waals surface area contributed by atoms with Gasteiger partial charge in [-0.3, -0.25) is 0 Å². The van der Waals surface area contributed by atoms with Gasteiger partial charge in [0.2, 0.25) is 0 Å². The van der Waals surface area contributed by atoms with E-state index < -0.39 is 0 Å². The highest BCUT2D eigenvalue weighted by atomic mass is 79.9. The lowest BCUT2D eigenvalue weighted by atomic mass is 10.2. The van der Waals surface area contributed by atoms with Gasteiger partial charge in [0.15, 0.2) is 0 Å². The van der Waals surface area contributed by atoms with Crippen LogP contribution in [-0.4, -0.2) is 6.61 Å². The molecule has 0 spiro atoms. The molecule has 0 saturated carbocycles. The van der Waals surface area contributed by atoms with Gasteiger partial charge in [-0.15, -0.1) is 0 Å². The van der Waals surface area contributed by atoms with E-state index in [4.69, 9.17) is 33.2 Å². The first-order chi connectivity index (χ1) is 7.17. The fourth-order valence-corrected chi connectivity index (χ4v) is 1.37. The third-order valence-electron chi connectivity index (χ3n) is 1.55. The maximum atomic E-state index is 8.84. The standard InChI is InChI=1S/C10H6BrCl2NO/c11-8-1-2-10(7(3-8)5-14)15-6-9(13)4-12/h1-4H,6H2/b9-4+. The topological polar surface area (TPSA) is 33.0 Å². The van der Waals surface area contributed by atoms with Crippen LogP contribution in [0.2, 0.25) is 0 Å². The summed E-state index contributed by atoms with van der Waals surface area (Å²) in [6.45, 7) is 0.154. The maximum absolute atomic E-state index is 8.84. The fourth-order valence-electron chi connectivity index (χ4n) is 0.894. The van der Waals surface area contributed by atoms with E-state index in [1.165, 1.54) is 5.54 Å². The molecule has 0 aliphatic rings. The van der Waals surface area contributed by atoms with Gasteiger partial charge in [-0.2, -0.15) is 5.26 Å². The van der Waals surface area contributed by atoms with Gasteiger partial charge in [-0.25, -0.2) is 0 Å². The van der Waals surface area contributed by atoms with E-state index >= 15 is 0 Å². The molecule has 0 N–H and O–H groups in total. The number of ether oxygens (including phenoxy) is 1. The highest BCUT2D eigenvalue weighted by molar-refractivity contribution is 9.10. The van der Waals surface area contributed by atoms with Gasteiger partial charge >= 0.3 is 0 Å². The second-order valence-electron chi connectivity index (χ2n) is 2.60. The Morgan fingerprint density at radius 1 is 1.60 bits per heavy atom. The van der Waals surface area contributed by atoms with Crippen molar-refractivity contribution in [3.05, 3.63) is 38.8 Å². The maximum Gasteiger partial charge on any atom is 0.137 e. The molecule has 0 aromatic heterocycles. The summed E-state index contributed by atoms with van der Waals surface area (Å²) in [7, 11) is 0. The van der Waals surface area contributed by atoms with Gasteiger partial charge in [0.25, 0.3) is 0 Å². The summed E-state index contributed by atoms with van der Waals surface area (Å²) < 4.78 is 6.13. The Hall–Kier alpha value is -0.690. The third-order valence-corrected chi connectivity index (χ3v) is 2.63. The normalized spacial score (nSPS) is 10.9. The first-order valence-corrected chi connectivity index (χ1v) is 5.55. The highest BCUT2D eigenvalue weighted by Gasteiger charge is 2.04. The van der Waals surface area contributed by atoms with E-state index in [0.29, 0.717) is 16.3 Å². The van der Waals surface area contributed by atoms with Crippen LogP contribution in [0.4, 0.5) is 0 Å². The van der Waals surface area contributed by atoms with E-state index in [-0.39, 0.29) is 6.61 Å². The molecule has 0 heterocycles. The molecule has 0 fully saturated rings. The van der Waals surface area contributed by atoms with E-state index in [1.54, 1.807) is 18.2 Å². The average molecular weight is 307 g/mol. The first-order valence-electron chi connectivity index (χ1n) is 3.94. The van der Waals surface area contributed by atoms with Crippen LogP contribution in [0.3, 0.4) is 0 Å². The van der Waals surface area contributed by atoms with Crippen LogP contribution in [0.5, 0.6) is 5.75 Å². The summed E-state index contributed by atoms with van der Waals surface area (Å²) in [6, 6.07) is 7.18. The van der Waals surface area contributed by atoms with E-state index in [2.05, 4.69) is 15.9 Å². The lowest BCUT2D eigenvalue weighted by Gasteiger charge is -2.06. The Morgan fingerprint density at radius 3 is 2.93 bits per heavy atom. The summed E-state index contributed by atoms with van der Waals surface area (Å²) in [5, 5.41) is 9.22. The molecule has 0 atom stereocenters.